The number of hydrogen-bond donors (Lipinski definition) is 2. The summed E-state index contributed by atoms with van der Waals surface area (Å²) < 4.78 is 10.4. The van der Waals surface area contributed by atoms with Gasteiger partial charge in [0, 0.05) is 13.7 Å². The van der Waals surface area contributed by atoms with E-state index in [1.807, 2.05) is 20.8 Å². The summed E-state index contributed by atoms with van der Waals surface area (Å²) in [4.78, 5) is 0. The molecule has 2 N–H and O–H groups in total. The smallest absolute Gasteiger partial charge is 0.0638 e. The first-order chi connectivity index (χ1) is 6.49. The van der Waals surface area contributed by atoms with Gasteiger partial charge in [0.1, 0.15) is 0 Å². The van der Waals surface area contributed by atoms with Gasteiger partial charge in [-0.2, -0.15) is 0 Å². The third-order valence-corrected chi connectivity index (χ3v) is 1.66. The van der Waals surface area contributed by atoms with E-state index in [-0.39, 0.29) is 18.2 Å². The second kappa shape index (κ2) is 7.17. The van der Waals surface area contributed by atoms with Crippen LogP contribution in [0, 0.1) is 0 Å². The maximum atomic E-state index is 8.93. The molecule has 0 aliphatic heterocycles. The topological polar surface area (TPSA) is 50.7 Å². The Labute approximate surface area is 86.6 Å². The standard InChI is InChI=1S/C10H23NO3/c1-10(2,3)14-6-5-11-9(7-12)8-13-4/h9,11-12H,5-8H2,1-4H3. The molecule has 14 heavy (non-hydrogen) atoms. The van der Waals surface area contributed by atoms with Crippen molar-refractivity contribution in [3.05, 3.63) is 0 Å². The van der Waals surface area contributed by atoms with E-state index in [1.54, 1.807) is 7.11 Å². The molecule has 0 amide bonds. The van der Waals surface area contributed by atoms with Crippen LogP contribution in [0.15, 0.2) is 0 Å². The first kappa shape index (κ1) is 13.8. The van der Waals surface area contributed by atoms with Gasteiger partial charge < -0.3 is 19.9 Å². The molecule has 0 radical (unpaired) electrons. The van der Waals surface area contributed by atoms with Crippen molar-refractivity contribution >= 4 is 0 Å². The van der Waals surface area contributed by atoms with Crippen LogP contribution in [0.2, 0.25) is 0 Å². The van der Waals surface area contributed by atoms with Gasteiger partial charge in [-0.05, 0) is 20.8 Å². The highest BCUT2D eigenvalue weighted by atomic mass is 16.5. The van der Waals surface area contributed by atoms with Crippen molar-refractivity contribution in [1.29, 1.82) is 0 Å². The summed E-state index contributed by atoms with van der Waals surface area (Å²) in [5.41, 5.74) is -0.0996. The van der Waals surface area contributed by atoms with Crippen LogP contribution in [0.1, 0.15) is 20.8 Å². The lowest BCUT2D eigenvalue weighted by molar-refractivity contribution is -0.00333. The fourth-order valence-electron chi connectivity index (χ4n) is 0.998. The van der Waals surface area contributed by atoms with Gasteiger partial charge in [-0.3, -0.25) is 0 Å². The number of methoxy groups -OCH3 is 1. The van der Waals surface area contributed by atoms with Crippen molar-refractivity contribution in [2.24, 2.45) is 0 Å². The second-order valence-corrected chi connectivity index (χ2v) is 4.25. The number of aliphatic hydroxyl groups is 1. The molecule has 0 aromatic carbocycles. The van der Waals surface area contributed by atoms with E-state index in [0.29, 0.717) is 13.2 Å². The number of nitrogens with one attached hydrogen (secondary N) is 1. The van der Waals surface area contributed by atoms with Gasteiger partial charge in [0.05, 0.1) is 31.5 Å². The number of aliphatic hydroxyl groups excluding tert-OH is 1. The average molecular weight is 205 g/mol. The fraction of sp³-hybridized carbons (Fsp3) is 1.00. The number of ether oxygens (including phenoxy) is 2. The molecule has 86 valence electrons. The lowest BCUT2D eigenvalue weighted by Gasteiger charge is -2.21. The summed E-state index contributed by atoms with van der Waals surface area (Å²) in [6.07, 6.45) is 0. The highest BCUT2D eigenvalue weighted by Gasteiger charge is 2.10. The highest BCUT2D eigenvalue weighted by molar-refractivity contribution is 4.65. The fourth-order valence-corrected chi connectivity index (χ4v) is 0.998. The first-order valence-electron chi connectivity index (χ1n) is 4.96. The zero-order chi connectivity index (χ0) is 11.0. The van der Waals surface area contributed by atoms with Gasteiger partial charge in [0.2, 0.25) is 0 Å². The van der Waals surface area contributed by atoms with Crippen LogP contribution in [0.3, 0.4) is 0 Å². The molecule has 1 atom stereocenters. The van der Waals surface area contributed by atoms with Gasteiger partial charge in [-0.25, -0.2) is 0 Å². The lowest BCUT2D eigenvalue weighted by atomic mass is 10.2. The number of hydrogen-bond acceptors (Lipinski definition) is 4. The van der Waals surface area contributed by atoms with Crippen LogP contribution in [0.5, 0.6) is 0 Å². The molecule has 0 aromatic rings. The molecule has 0 rings (SSSR count). The van der Waals surface area contributed by atoms with Gasteiger partial charge in [0.15, 0.2) is 0 Å². The Morgan fingerprint density at radius 3 is 2.43 bits per heavy atom. The predicted molar refractivity (Wildman–Crippen MR) is 56.5 cm³/mol. The minimum Gasteiger partial charge on any atom is -0.395 e. The lowest BCUT2D eigenvalue weighted by Crippen LogP contribution is -2.39. The highest BCUT2D eigenvalue weighted by Crippen LogP contribution is 2.05. The molecular weight excluding hydrogens is 182 g/mol. The van der Waals surface area contributed by atoms with Crippen LogP contribution in [0.4, 0.5) is 0 Å². The van der Waals surface area contributed by atoms with Crippen LogP contribution < -0.4 is 5.32 Å². The van der Waals surface area contributed by atoms with E-state index < -0.39 is 0 Å². The summed E-state index contributed by atoms with van der Waals surface area (Å²) in [5.74, 6) is 0. The van der Waals surface area contributed by atoms with Crippen molar-refractivity contribution < 1.29 is 14.6 Å². The van der Waals surface area contributed by atoms with Gasteiger partial charge in [-0.1, -0.05) is 0 Å². The molecule has 4 heteroatoms. The monoisotopic (exact) mass is 205 g/mol. The van der Waals surface area contributed by atoms with Crippen LogP contribution >= 0.6 is 0 Å². The molecule has 1 unspecified atom stereocenters. The van der Waals surface area contributed by atoms with Crippen LogP contribution in [0.25, 0.3) is 0 Å². The molecule has 0 fully saturated rings. The molecule has 4 nitrogen and oxygen atoms in total. The molecule has 0 aliphatic carbocycles. The zero-order valence-corrected chi connectivity index (χ0v) is 9.67. The summed E-state index contributed by atoms with van der Waals surface area (Å²) in [6, 6.07) is 0.00330. The van der Waals surface area contributed by atoms with Crippen molar-refractivity contribution in [1.82, 2.24) is 5.32 Å². The van der Waals surface area contributed by atoms with E-state index in [2.05, 4.69) is 5.32 Å². The van der Waals surface area contributed by atoms with Crippen molar-refractivity contribution in [2.45, 2.75) is 32.4 Å². The molecular formula is C10H23NO3. The average Bonchev–Trinajstić information content (AvgIpc) is 2.08. The Morgan fingerprint density at radius 2 is 2.00 bits per heavy atom. The van der Waals surface area contributed by atoms with Gasteiger partial charge >= 0.3 is 0 Å². The Hall–Kier alpha value is -0.160. The van der Waals surface area contributed by atoms with E-state index in [0.717, 1.165) is 6.54 Å². The van der Waals surface area contributed by atoms with Crippen molar-refractivity contribution in [3.63, 3.8) is 0 Å². The van der Waals surface area contributed by atoms with Crippen LogP contribution in [-0.2, 0) is 9.47 Å². The normalized spacial score (nSPS) is 14.4. The molecule has 0 spiro atoms. The van der Waals surface area contributed by atoms with Crippen molar-refractivity contribution in [2.75, 3.05) is 33.5 Å². The minimum atomic E-state index is -0.0996. The Balaban J connectivity index is 3.42. The Kier molecular flexibility index (Phi) is 7.09. The molecule has 0 aliphatic rings. The predicted octanol–water partition coefficient (Wildman–Crippen LogP) is 0.398. The summed E-state index contributed by atoms with van der Waals surface area (Å²) in [5, 5.41) is 12.1. The van der Waals surface area contributed by atoms with E-state index in [9.17, 15) is 0 Å². The van der Waals surface area contributed by atoms with E-state index >= 15 is 0 Å². The van der Waals surface area contributed by atoms with E-state index in [1.165, 1.54) is 0 Å². The Bertz CT molecular complexity index is 134. The Morgan fingerprint density at radius 1 is 1.36 bits per heavy atom. The largest absolute Gasteiger partial charge is 0.395 e. The third kappa shape index (κ3) is 8.44. The minimum absolute atomic E-state index is 0.00330. The first-order valence-corrected chi connectivity index (χ1v) is 4.96. The summed E-state index contributed by atoms with van der Waals surface area (Å²) in [6.45, 7) is 8.04. The summed E-state index contributed by atoms with van der Waals surface area (Å²) >= 11 is 0. The molecule has 0 heterocycles. The SMILES string of the molecule is COCC(CO)NCCOC(C)(C)C. The molecule has 0 saturated heterocycles. The maximum absolute atomic E-state index is 8.93. The maximum Gasteiger partial charge on any atom is 0.0638 e. The molecule has 0 saturated carbocycles. The molecule has 0 bridgehead atoms. The van der Waals surface area contributed by atoms with Crippen molar-refractivity contribution in [3.8, 4) is 0 Å². The zero-order valence-electron chi connectivity index (χ0n) is 9.67. The van der Waals surface area contributed by atoms with Gasteiger partial charge in [-0.15, -0.1) is 0 Å². The third-order valence-electron chi connectivity index (χ3n) is 1.66. The quantitative estimate of drug-likeness (QED) is 0.591. The van der Waals surface area contributed by atoms with Gasteiger partial charge in [0.25, 0.3) is 0 Å². The second-order valence-electron chi connectivity index (χ2n) is 4.25. The van der Waals surface area contributed by atoms with E-state index in [4.69, 9.17) is 14.6 Å². The van der Waals surface area contributed by atoms with Crippen LogP contribution in [-0.4, -0.2) is 50.2 Å². The number of rotatable bonds is 7. The molecule has 0 aromatic heterocycles. The summed E-state index contributed by atoms with van der Waals surface area (Å²) in [7, 11) is 1.62.